The fourth-order valence-electron chi connectivity index (χ4n) is 4.57. The molecule has 1 saturated heterocycles. The maximum Gasteiger partial charge on any atom is 0.312 e. The van der Waals surface area contributed by atoms with E-state index in [1.54, 1.807) is 48.2 Å². The van der Waals surface area contributed by atoms with Gasteiger partial charge in [0, 0.05) is 29.6 Å². The summed E-state index contributed by atoms with van der Waals surface area (Å²) >= 11 is 0. The van der Waals surface area contributed by atoms with Crippen LogP contribution < -0.4 is 9.64 Å². The van der Waals surface area contributed by atoms with Crippen LogP contribution in [-0.4, -0.2) is 30.3 Å². The van der Waals surface area contributed by atoms with Crippen LogP contribution in [0.4, 0.5) is 5.69 Å². The topological polar surface area (TPSA) is 72.9 Å². The summed E-state index contributed by atoms with van der Waals surface area (Å²) in [5.74, 6) is -0.152. The molecular formula is C31H27NO5. The van der Waals surface area contributed by atoms with Crippen LogP contribution in [0.5, 0.6) is 11.5 Å². The molecule has 4 aromatic carbocycles. The monoisotopic (exact) mass is 493 g/mol. The normalized spacial score (nSPS) is 16.0. The average Bonchev–Trinajstić information content (AvgIpc) is 3.34. The number of fused-ring (bicyclic) bond motifs is 1. The number of ether oxygens (including phenoxy) is 2. The van der Waals surface area contributed by atoms with Crippen molar-refractivity contribution < 1.29 is 23.9 Å². The smallest absolute Gasteiger partial charge is 0.312 e. The van der Waals surface area contributed by atoms with E-state index in [1.807, 2.05) is 60.7 Å². The molecule has 0 aromatic heterocycles. The zero-order valence-electron chi connectivity index (χ0n) is 20.5. The highest BCUT2D eigenvalue weighted by Crippen LogP contribution is 2.32. The first kappa shape index (κ1) is 24.3. The van der Waals surface area contributed by atoms with Crippen LogP contribution in [0.1, 0.15) is 30.1 Å². The first-order chi connectivity index (χ1) is 18.0. The Kier molecular flexibility index (Phi) is 6.99. The Morgan fingerprint density at radius 1 is 0.892 bits per heavy atom. The van der Waals surface area contributed by atoms with Crippen molar-refractivity contribution in [2.24, 2.45) is 5.92 Å². The maximum atomic E-state index is 12.9. The number of nitrogens with zero attached hydrogens (tertiary/aromatic N) is 1. The lowest BCUT2D eigenvalue weighted by Crippen LogP contribution is -2.31. The van der Waals surface area contributed by atoms with Crippen LogP contribution >= 0.6 is 0 Å². The molecule has 6 nitrogen and oxygen atoms in total. The number of Topliss-reactive ketones (excluding diaryl/α,β-unsaturated/α-hetero) is 1. The highest BCUT2D eigenvalue weighted by atomic mass is 16.5. The van der Waals surface area contributed by atoms with Crippen molar-refractivity contribution in [3.8, 4) is 11.5 Å². The van der Waals surface area contributed by atoms with Gasteiger partial charge in [-0.05, 0) is 42.1 Å². The molecule has 37 heavy (non-hydrogen) atoms. The summed E-state index contributed by atoms with van der Waals surface area (Å²) in [4.78, 5) is 39.9. The molecule has 0 unspecified atom stereocenters. The molecule has 1 amide bonds. The number of hydrogen-bond acceptors (Lipinski definition) is 5. The number of esters is 1. The van der Waals surface area contributed by atoms with E-state index in [4.69, 9.17) is 9.47 Å². The number of carbonyl (C=O) groups is 3. The lowest BCUT2D eigenvalue weighted by atomic mass is 10.0. The lowest BCUT2D eigenvalue weighted by Gasteiger charge is -2.19. The largest absolute Gasteiger partial charge is 0.457 e. The van der Waals surface area contributed by atoms with Gasteiger partial charge >= 0.3 is 5.97 Å². The van der Waals surface area contributed by atoms with Gasteiger partial charge in [-0.25, -0.2) is 0 Å². The minimum Gasteiger partial charge on any atom is -0.457 e. The van der Waals surface area contributed by atoms with Crippen molar-refractivity contribution in [3.05, 3.63) is 103 Å². The molecule has 0 bridgehead atoms. The Bertz CT molecular complexity index is 1430. The minimum absolute atomic E-state index is 0.0447. The number of ketones is 1. The van der Waals surface area contributed by atoms with Crippen molar-refractivity contribution in [1.29, 1.82) is 0 Å². The second kappa shape index (κ2) is 10.7. The number of rotatable bonds is 8. The third kappa shape index (κ3) is 5.23. The first-order valence-corrected chi connectivity index (χ1v) is 12.4. The summed E-state index contributed by atoms with van der Waals surface area (Å²) in [7, 11) is 0. The summed E-state index contributed by atoms with van der Waals surface area (Å²) < 4.78 is 11.7. The minimum atomic E-state index is -0.871. The molecule has 0 saturated carbocycles. The Hall–Kier alpha value is -4.45. The molecular weight excluding hydrogens is 466 g/mol. The third-order valence-corrected chi connectivity index (χ3v) is 6.56. The Labute approximate surface area is 215 Å². The number of benzene rings is 4. The van der Waals surface area contributed by atoms with Gasteiger partial charge in [0.15, 0.2) is 6.10 Å². The highest BCUT2D eigenvalue weighted by molar-refractivity contribution is 6.02. The SMILES string of the molecule is CC[C@H](OC(=O)[C@H]1CC(=O)N(c2ccc(Oc3cccc4ccccc34)cc2)C1)C(=O)c1ccccc1. The molecule has 1 aliphatic rings. The molecule has 0 spiro atoms. The fraction of sp³-hybridized carbons (Fsp3) is 0.194. The van der Waals surface area contributed by atoms with E-state index in [1.165, 1.54) is 0 Å². The van der Waals surface area contributed by atoms with Crippen molar-refractivity contribution in [2.45, 2.75) is 25.9 Å². The first-order valence-electron chi connectivity index (χ1n) is 12.4. The third-order valence-electron chi connectivity index (χ3n) is 6.56. The molecule has 4 aromatic rings. The Balaban J connectivity index is 1.24. The molecule has 186 valence electrons. The van der Waals surface area contributed by atoms with Crippen molar-refractivity contribution in [3.63, 3.8) is 0 Å². The molecule has 0 aliphatic carbocycles. The van der Waals surface area contributed by atoms with Gasteiger partial charge in [-0.2, -0.15) is 0 Å². The van der Waals surface area contributed by atoms with Crippen molar-refractivity contribution >= 4 is 34.1 Å². The lowest BCUT2D eigenvalue weighted by molar-refractivity contribution is -0.151. The van der Waals surface area contributed by atoms with Gasteiger partial charge in [0.1, 0.15) is 11.5 Å². The van der Waals surface area contributed by atoms with E-state index in [-0.39, 0.29) is 24.7 Å². The van der Waals surface area contributed by atoms with Crippen molar-refractivity contribution in [1.82, 2.24) is 0 Å². The predicted molar refractivity (Wildman–Crippen MR) is 142 cm³/mol. The number of carbonyl (C=O) groups excluding carboxylic acids is 3. The Morgan fingerprint density at radius 3 is 2.35 bits per heavy atom. The van der Waals surface area contributed by atoms with Gasteiger partial charge in [-0.3, -0.25) is 14.4 Å². The predicted octanol–water partition coefficient (Wildman–Crippen LogP) is 6.19. The van der Waals surface area contributed by atoms with E-state index in [9.17, 15) is 14.4 Å². The average molecular weight is 494 g/mol. The molecule has 1 fully saturated rings. The molecule has 6 heteroatoms. The molecule has 1 aliphatic heterocycles. The maximum absolute atomic E-state index is 12.9. The summed E-state index contributed by atoms with van der Waals surface area (Å²) in [5, 5.41) is 2.11. The zero-order valence-corrected chi connectivity index (χ0v) is 20.5. The van der Waals surface area contributed by atoms with Gasteiger partial charge in [-0.15, -0.1) is 0 Å². The molecule has 2 atom stereocenters. The van der Waals surface area contributed by atoms with E-state index < -0.39 is 18.0 Å². The zero-order chi connectivity index (χ0) is 25.8. The van der Waals surface area contributed by atoms with Gasteiger partial charge in [-0.1, -0.05) is 73.7 Å². The molecule has 0 radical (unpaired) electrons. The summed E-state index contributed by atoms with van der Waals surface area (Å²) in [6.45, 7) is 2.00. The quantitative estimate of drug-likeness (QED) is 0.216. The molecule has 0 N–H and O–H groups in total. The number of hydrogen-bond donors (Lipinski definition) is 0. The second-order valence-electron chi connectivity index (χ2n) is 9.04. The second-order valence-corrected chi connectivity index (χ2v) is 9.04. The van der Waals surface area contributed by atoms with Crippen LogP contribution in [0.25, 0.3) is 10.8 Å². The van der Waals surface area contributed by atoms with Crippen LogP contribution in [0.15, 0.2) is 97.1 Å². The Morgan fingerprint density at radius 2 is 1.59 bits per heavy atom. The standard InChI is InChI=1S/C31H27NO5/c1-2-27(30(34)22-10-4-3-5-11-22)37-31(35)23-19-29(33)32(20-23)24-15-17-25(18-16-24)36-28-14-8-12-21-9-6-7-13-26(21)28/h3-18,23,27H,2,19-20H2,1H3/t23-,27-/m0/s1. The van der Waals surface area contributed by atoms with Gasteiger partial charge < -0.3 is 14.4 Å². The van der Waals surface area contributed by atoms with E-state index in [2.05, 4.69) is 0 Å². The van der Waals surface area contributed by atoms with Crippen LogP contribution in [0.2, 0.25) is 0 Å². The van der Waals surface area contributed by atoms with Gasteiger partial charge in [0.05, 0.1) is 5.92 Å². The van der Waals surface area contributed by atoms with Crippen molar-refractivity contribution in [2.75, 3.05) is 11.4 Å². The van der Waals surface area contributed by atoms with E-state index in [0.717, 1.165) is 16.5 Å². The summed E-state index contributed by atoms with van der Waals surface area (Å²) in [5.41, 5.74) is 1.18. The van der Waals surface area contributed by atoms with Crippen LogP contribution in [-0.2, 0) is 14.3 Å². The number of anilines is 1. The fourth-order valence-corrected chi connectivity index (χ4v) is 4.57. The van der Waals surface area contributed by atoms with Gasteiger partial charge in [0.2, 0.25) is 11.7 Å². The number of amides is 1. The summed E-state index contributed by atoms with van der Waals surface area (Å²) in [6.07, 6.45) is -0.463. The van der Waals surface area contributed by atoms with E-state index in [0.29, 0.717) is 23.4 Å². The van der Waals surface area contributed by atoms with E-state index >= 15 is 0 Å². The van der Waals surface area contributed by atoms with Crippen LogP contribution in [0, 0.1) is 5.92 Å². The van der Waals surface area contributed by atoms with Crippen LogP contribution in [0.3, 0.4) is 0 Å². The molecule has 5 rings (SSSR count). The molecule has 1 heterocycles. The highest BCUT2D eigenvalue weighted by Gasteiger charge is 2.37. The van der Waals surface area contributed by atoms with Gasteiger partial charge in [0.25, 0.3) is 0 Å². The summed E-state index contributed by atoms with van der Waals surface area (Å²) in [6, 6.07) is 29.9.